The molecule has 58 valence electrons. The van der Waals surface area contributed by atoms with Gasteiger partial charge in [-0.3, -0.25) is 4.99 Å². The molecule has 0 aromatic carbocycles. The van der Waals surface area contributed by atoms with E-state index >= 15 is 0 Å². The molecule has 0 unspecified atom stereocenters. The fourth-order valence-electron chi connectivity index (χ4n) is 0.619. The molecule has 0 aliphatic rings. The van der Waals surface area contributed by atoms with Gasteiger partial charge in [0.05, 0.1) is 0 Å². The number of rotatable bonds is 5. The monoisotopic (exact) mass is 139 g/mol. The molecule has 0 aliphatic carbocycles. The molecule has 0 aromatic rings. The van der Waals surface area contributed by atoms with E-state index in [-0.39, 0.29) is 0 Å². The van der Waals surface area contributed by atoms with Gasteiger partial charge in [-0.2, -0.15) is 0 Å². The second-order valence-corrected chi connectivity index (χ2v) is 2.20. The number of hydrogen-bond acceptors (Lipinski definition) is 1. The molecule has 0 aliphatic heterocycles. The molecule has 0 rings (SSSR count). The van der Waals surface area contributed by atoms with Gasteiger partial charge in [-0.15, -0.1) is 0 Å². The molecule has 10 heavy (non-hydrogen) atoms. The SMILES string of the molecule is CC/C=C\C/C=N\CCC. The zero-order valence-electron chi connectivity index (χ0n) is 7.01. The van der Waals surface area contributed by atoms with Crippen LogP contribution in [-0.4, -0.2) is 12.8 Å². The molecule has 0 heterocycles. The van der Waals surface area contributed by atoms with Crippen LogP contribution >= 0.6 is 0 Å². The van der Waals surface area contributed by atoms with Crippen LogP contribution < -0.4 is 0 Å². The highest BCUT2D eigenvalue weighted by Gasteiger charge is 1.72. The van der Waals surface area contributed by atoms with Crippen LogP contribution in [0.1, 0.15) is 33.1 Å². The van der Waals surface area contributed by atoms with Gasteiger partial charge in [-0.05, 0) is 12.8 Å². The van der Waals surface area contributed by atoms with E-state index in [0.29, 0.717) is 0 Å². The predicted molar refractivity (Wildman–Crippen MR) is 47.7 cm³/mol. The van der Waals surface area contributed by atoms with Gasteiger partial charge < -0.3 is 0 Å². The fourth-order valence-corrected chi connectivity index (χ4v) is 0.619. The Hall–Kier alpha value is -0.590. The summed E-state index contributed by atoms with van der Waals surface area (Å²) in [6.07, 6.45) is 9.57. The molecule has 0 atom stereocenters. The van der Waals surface area contributed by atoms with Gasteiger partial charge >= 0.3 is 0 Å². The third-order valence-electron chi connectivity index (χ3n) is 1.13. The Balaban J connectivity index is 3.09. The number of allylic oxidation sites excluding steroid dienone is 2. The average Bonchev–Trinajstić information content (AvgIpc) is 1.97. The maximum Gasteiger partial charge on any atom is 0.0382 e. The molecule has 1 nitrogen and oxygen atoms in total. The standard InChI is InChI=1S/C9H17N/c1-3-5-6-7-9-10-8-4-2/h5-6,9H,3-4,7-8H2,1-2H3/b6-5-,10-9-. The van der Waals surface area contributed by atoms with Crippen molar-refractivity contribution in [1.29, 1.82) is 0 Å². The van der Waals surface area contributed by atoms with E-state index in [1.54, 1.807) is 0 Å². The van der Waals surface area contributed by atoms with Crippen molar-refractivity contribution in [3.05, 3.63) is 12.2 Å². The van der Waals surface area contributed by atoms with Gasteiger partial charge in [0.15, 0.2) is 0 Å². The normalized spacial score (nSPS) is 11.8. The summed E-state index contributed by atoms with van der Waals surface area (Å²) in [5.74, 6) is 0. The second-order valence-electron chi connectivity index (χ2n) is 2.20. The Labute approximate surface area is 63.9 Å². The minimum Gasteiger partial charge on any atom is -0.297 e. The van der Waals surface area contributed by atoms with Crippen LogP contribution in [-0.2, 0) is 0 Å². The maximum atomic E-state index is 4.19. The van der Waals surface area contributed by atoms with Gasteiger partial charge in [0, 0.05) is 19.2 Å². The quantitative estimate of drug-likeness (QED) is 0.410. The lowest BCUT2D eigenvalue weighted by Crippen LogP contribution is -1.76. The maximum absolute atomic E-state index is 4.19. The molecule has 0 radical (unpaired) electrons. The summed E-state index contributed by atoms with van der Waals surface area (Å²) in [5.41, 5.74) is 0. The zero-order valence-corrected chi connectivity index (χ0v) is 7.01. The number of aliphatic imine (C=N–C) groups is 1. The zero-order chi connectivity index (χ0) is 7.66. The lowest BCUT2D eigenvalue weighted by Gasteiger charge is -1.83. The van der Waals surface area contributed by atoms with Crippen molar-refractivity contribution in [2.45, 2.75) is 33.1 Å². The van der Waals surface area contributed by atoms with E-state index < -0.39 is 0 Å². The summed E-state index contributed by atoms with van der Waals surface area (Å²) in [6, 6.07) is 0. The second kappa shape index (κ2) is 8.41. The molecule has 0 saturated carbocycles. The van der Waals surface area contributed by atoms with E-state index in [2.05, 4.69) is 31.0 Å². The highest BCUT2D eigenvalue weighted by atomic mass is 14.7. The third kappa shape index (κ3) is 7.41. The average molecular weight is 139 g/mol. The van der Waals surface area contributed by atoms with Crippen LogP contribution in [0.15, 0.2) is 17.1 Å². The van der Waals surface area contributed by atoms with Crippen LogP contribution in [0.5, 0.6) is 0 Å². The summed E-state index contributed by atoms with van der Waals surface area (Å²) in [6.45, 7) is 5.25. The van der Waals surface area contributed by atoms with Crippen LogP contribution in [0.3, 0.4) is 0 Å². The first-order valence-corrected chi connectivity index (χ1v) is 4.05. The third-order valence-corrected chi connectivity index (χ3v) is 1.13. The number of nitrogens with zero attached hydrogens (tertiary/aromatic N) is 1. The Kier molecular flexibility index (Phi) is 7.91. The molecule has 0 aromatic heterocycles. The van der Waals surface area contributed by atoms with Crippen molar-refractivity contribution < 1.29 is 0 Å². The Morgan fingerprint density at radius 1 is 1.20 bits per heavy atom. The first-order chi connectivity index (χ1) is 4.91. The molecule has 0 bridgehead atoms. The smallest absolute Gasteiger partial charge is 0.0382 e. The Morgan fingerprint density at radius 3 is 2.60 bits per heavy atom. The minimum atomic E-state index is 0.972. The highest BCUT2D eigenvalue weighted by molar-refractivity contribution is 5.59. The molecular formula is C9H17N. The van der Waals surface area contributed by atoms with E-state index in [0.717, 1.165) is 25.8 Å². The van der Waals surface area contributed by atoms with Crippen molar-refractivity contribution in [3.8, 4) is 0 Å². The van der Waals surface area contributed by atoms with E-state index in [1.165, 1.54) is 0 Å². The molecule has 0 fully saturated rings. The molecule has 0 N–H and O–H groups in total. The molecule has 1 heteroatoms. The lowest BCUT2D eigenvalue weighted by molar-refractivity contribution is 0.934. The van der Waals surface area contributed by atoms with Crippen molar-refractivity contribution in [2.75, 3.05) is 6.54 Å². The van der Waals surface area contributed by atoms with Gasteiger partial charge in [-0.25, -0.2) is 0 Å². The minimum absolute atomic E-state index is 0.972. The van der Waals surface area contributed by atoms with Gasteiger partial charge in [0.2, 0.25) is 0 Å². The first kappa shape index (κ1) is 9.41. The molecule has 0 saturated heterocycles. The van der Waals surface area contributed by atoms with Gasteiger partial charge in [-0.1, -0.05) is 26.0 Å². The van der Waals surface area contributed by atoms with Crippen molar-refractivity contribution in [2.24, 2.45) is 4.99 Å². The summed E-state index contributed by atoms with van der Waals surface area (Å²) >= 11 is 0. The summed E-state index contributed by atoms with van der Waals surface area (Å²) < 4.78 is 0. The summed E-state index contributed by atoms with van der Waals surface area (Å²) in [5, 5.41) is 0. The van der Waals surface area contributed by atoms with Gasteiger partial charge in [0.1, 0.15) is 0 Å². The highest BCUT2D eigenvalue weighted by Crippen LogP contribution is 1.83. The summed E-state index contributed by atoms with van der Waals surface area (Å²) in [7, 11) is 0. The topological polar surface area (TPSA) is 12.4 Å². The lowest BCUT2D eigenvalue weighted by atomic mass is 10.3. The largest absolute Gasteiger partial charge is 0.297 e. The van der Waals surface area contributed by atoms with Crippen molar-refractivity contribution in [1.82, 2.24) is 0 Å². The van der Waals surface area contributed by atoms with Crippen LogP contribution in [0, 0.1) is 0 Å². The molecule has 0 spiro atoms. The van der Waals surface area contributed by atoms with E-state index in [9.17, 15) is 0 Å². The van der Waals surface area contributed by atoms with E-state index in [1.807, 2.05) is 6.21 Å². The Morgan fingerprint density at radius 2 is 2.00 bits per heavy atom. The van der Waals surface area contributed by atoms with Gasteiger partial charge in [0.25, 0.3) is 0 Å². The molecule has 0 amide bonds. The van der Waals surface area contributed by atoms with Crippen molar-refractivity contribution >= 4 is 6.21 Å². The van der Waals surface area contributed by atoms with Crippen LogP contribution in [0.2, 0.25) is 0 Å². The predicted octanol–water partition coefficient (Wildman–Crippen LogP) is 2.82. The van der Waals surface area contributed by atoms with Crippen LogP contribution in [0.4, 0.5) is 0 Å². The summed E-state index contributed by atoms with van der Waals surface area (Å²) in [4.78, 5) is 4.19. The number of hydrogen-bond donors (Lipinski definition) is 0. The first-order valence-electron chi connectivity index (χ1n) is 4.05. The van der Waals surface area contributed by atoms with E-state index in [4.69, 9.17) is 0 Å². The Bertz CT molecular complexity index is 103. The fraction of sp³-hybridized carbons (Fsp3) is 0.667. The molecular weight excluding hydrogens is 122 g/mol. The van der Waals surface area contributed by atoms with Crippen LogP contribution in [0.25, 0.3) is 0 Å². The van der Waals surface area contributed by atoms with Crippen molar-refractivity contribution in [3.63, 3.8) is 0 Å².